The molecule has 2 aromatic rings. The summed E-state index contributed by atoms with van der Waals surface area (Å²) in [5, 5.41) is 10.9. The number of hydrogen-bond acceptors (Lipinski definition) is 3. The van der Waals surface area contributed by atoms with Crippen molar-refractivity contribution in [3.05, 3.63) is 48.3 Å². The molecule has 0 unspecified atom stereocenters. The van der Waals surface area contributed by atoms with Crippen molar-refractivity contribution in [3.8, 4) is 5.69 Å². The minimum absolute atomic E-state index is 0. The molecule has 142 valence electrons. The molecular weight excluding hydrogens is 441 g/mol. The standard InChI is InChI=1S/C19H27N5O.HI/c1-20-19(22-12-14-25-15-17-3-4-17)21-11-9-16-5-7-18(8-6-16)24-13-2-10-23-24;/h2,5-8,10,13,17H,3-4,9,11-12,14-15H2,1H3,(H2,20,21,22);1H. The van der Waals surface area contributed by atoms with Gasteiger partial charge in [0.05, 0.1) is 12.3 Å². The van der Waals surface area contributed by atoms with Gasteiger partial charge in [-0.3, -0.25) is 4.99 Å². The van der Waals surface area contributed by atoms with Crippen LogP contribution in [-0.4, -0.2) is 49.1 Å². The Morgan fingerprint density at radius 1 is 1.23 bits per heavy atom. The second-order valence-electron chi connectivity index (χ2n) is 6.31. The molecule has 26 heavy (non-hydrogen) atoms. The molecule has 0 radical (unpaired) electrons. The Morgan fingerprint density at radius 2 is 2.00 bits per heavy atom. The molecule has 0 spiro atoms. The zero-order chi connectivity index (χ0) is 17.3. The first-order chi connectivity index (χ1) is 12.3. The van der Waals surface area contributed by atoms with Gasteiger partial charge in [0, 0.05) is 39.1 Å². The number of nitrogens with one attached hydrogen (secondary N) is 2. The fourth-order valence-electron chi connectivity index (χ4n) is 2.56. The summed E-state index contributed by atoms with van der Waals surface area (Å²) in [4.78, 5) is 4.24. The number of hydrogen-bond donors (Lipinski definition) is 2. The summed E-state index contributed by atoms with van der Waals surface area (Å²) in [5.41, 5.74) is 2.36. The van der Waals surface area contributed by atoms with E-state index in [1.165, 1.54) is 18.4 Å². The Labute approximate surface area is 172 Å². The number of ether oxygens (including phenoxy) is 1. The van der Waals surface area contributed by atoms with Gasteiger partial charge in [-0.15, -0.1) is 24.0 Å². The molecule has 3 rings (SSSR count). The quantitative estimate of drug-likeness (QED) is 0.257. The molecule has 1 aliphatic rings. The molecule has 1 aliphatic carbocycles. The van der Waals surface area contributed by atoms with Gasteiger partial charge in [-0.05, 0) is 48.9 Å². The van der Waals surface area contributed by atoms with Crippen LogP contribution in [0.15, 0.2) is 47.7 Å². The zero-order valence-electron chi connectivity index (χ0n) is 15.2. The van der Waals surface area contributed by atoms with Crippen molar-refractivity contribution < 1.29 is 4.74 Å². The van der Waals surface area contributed by atoms with Crippen LogP contribution < -0.4 is 10.6 Å². The zero-order valence-corrected chi connectivity index (χ0v) is 17.6. The first-order valence-electron chi connectivity index (χ1n) is 8.96. The van der Waals surface area contributed by atoms with Crippen LogP contribution in [0.3, 0.4) is 0 Å². The van der Waals surface area contributed by atoms with Crippen LogP contribution in [0, 0.1) is 5.92 Å². The third kappa shape index (κ3) is 6.95. The number of aliphatic imine (C=N–C) groups is 1. The summed E-state index contributed by atoms with van der Waals surface area (Å²) < 4.78 is 7.48. The van der Waals surface area contributed by atoms with E-state index in [1.807, 2.05) is 16.9 Å². The van der Waals surface area contributed by atoms with E-state index in [0.29, 0.717) is 0 Å². The van der Waals surface area contributed by atoms with E-state index < -0.39 is 0 Å². The van der Waals surface area contributed by atoms with Crippen LogP contribution in [0.2, 0.25) is 0 Å². The van der Waals surface area contributed by atoms with Crippen molar-refractivity contribution in [2.24, 2.45) is 10.9 Å². The summed E-state index contributed by atoms with van der Waals surface area (Å²) in [6.45, 7) is 3.25. The molecule has 0 bridgehead atoms. The fourth-order valence-corrected chi connectivity index (χ4v) is 2.56. The average molecular weight is 469 g/mol. The average Bonchev–Trinajstić information content (AvgIpc) is 3.31. The molecule has 2 N–H and O–H groups in total. The molecule has 7 heteroatoms. The summed E-state index contributed by atoms with van der Waals surface area (Å²) in [6, 6.07) is 10.4. The Hall–Kier alpha value is -1.61. The highest BCUT2D eigenvalue weighted by Crippen LogP contribution is 2.28. The maximum Gasteiger partial charge on any atom is 0.191 e. The topological polar surface area (TPSA) is 63.5 Å². The second-order valence-corrected chi connectivity index (χ2v) is 6.31. The Kier molecular flexibility index (Phi) is 8.90. The lowest BCUT2D eigenvalue weighted by Gasteiger charge is -2.12. The molecule has 0 aliphatic heterocycles. The minimum Gasteiger partial charge on any atom is -0.379 e. The molecule has 1 saturated carbocycles. The van der Waals surface area contributed by atoms with Gasteiger partial charge in [-0.25, -0.2) is 4.68 Å². The number of rotatable bonds is 9. The normalized spacial score (nSPS) is 14.0. The van der Waals surface area contributed by atoms with Crippen LogP contribution in [0.5, 0.6) is 0 Å². The number of halogens is 1. The Morgan fingerprint density at radius 3 is 2.65 bits per heavy atom. The highest BCUT2D eigenvalue weighted by molar-refractivity contribution is 14.0. The number of benzene rings is 1. The van der Waals surface area contributed by atoms with E-state index in [1.54, 1.807) is 13.2 Å². The summed E-state index contributed by atoms with van der Waals surface area (Å²) >= 11 is 0. The molecule has 0 saturated heterocycles. The first kappa shape index (κ1) is 20.7. The van der Waals surface area contributed by atoms with E-state index in [2.05, 4.69) is 45.0 Å². The van der Waals surface area contributed by atoms with Crippen LogP contribution in [-0.2, 0) is 11.2 Å². The largest absolute Gasteiger partial charge is 0.379 e. The first-order valence-corrected chi connectivity index (χ1v) is 8.96. The summed E-state index contributed by atoms with van der Waals surface area (Å²) in [7, 11) is 1.79. The van der Waals surface area contributed by atoms with Gasteiger partial charge in [0.25, 0.3) is 0 Å². The highest BCUT2D eigenvalue weighted by atomic mass is 127. The molecule has 1 aromatic carbocycles. The number of nitrogens with zero attached hydrogens (tertiary/aromatic N) is 3. The molecule has 0 amide bonds. The van der Waals surface area contributed by atoms with Crippen molar-refractivity contribution in [1.82, 2.24) is 20.4 Å². The predicted octanol–water partition coefficient (Wildman–Crippen LogP) is 2.62. The van der Waals surface area contributed by atoms with Crippen LogP contribution >= 0.6 is 24.0 Å². The van der Waals surface area contributed by atoms with Gasteiger partial charge in [0.1, 0.15) is 0 Å². The van der Waals surface area contributed by atoms with Crippen molar-refractivity contribution in [3.63, 3.8) is 0 Å². The van der Waals surface area contributed by atoms with Gasteiger partial charge >= 0.3 is 0 Å². The smallest absolute Gasteiger partial charge is 0.191 e. The second kappa shape index (κ2) is 11.2. The Balaban J connectivity index is 0.00000243. The monoisotopic (exact) mass is 469 g/mol. The number of guanidine groups is 1. The minimum atomic E-state index is 0. The molecule has 1 aromatic heterocycles. The predicted molar refractivity (Wildman–Crippen MR) is 116 cm³/mol. The van der Waals surface area contributed by atoms with Crippen molar-refractivity contribution >= 4 is 29.9 Å². The van der Waals surface area contributed by atoms with Gasteiger partial charge in [0.2, 0.25) is 0 Å². The van der Waals surface area contributed by atoms with E-state index in [4.69, 9.17) is 4.74 Å². The van der Waals surface area contributed by atoms with Gasteiger partial charge < -0.3 is 15.4 Å². The van der Waals surface area contributed by atoms with E-state index in [0.717, 1.165) is 50.3 Å². The molecular formula is C19H28IN5O. The van der Waals surface area contributed by atoms with Crippen molar-refractivity contribution in [2.75, 3.05) is 33.4 Å². The lowest BCUT2D eigenvalue weighted by molar-refractivity contribution is 0.129. The summed E-state index contributed by atoms with van der Waals surface area (Å²) in [6.07, 6.45) is 7.34. The lowest BCUT2D eigenvalue weighted by Crippen LogP contribution is -2.39. The van der Waals surface area contributed by atoms with E-state index in [-0.39, 0.29) is 24.0 Å². The van der Waals surface area contributed by atoms with E-state index in [9.17, 15) is 0 Å². The Bertz CT molecular complexity index is 653. The number of aromatic nitrogens is 2. The third-order valence-corrected chi connectivity index (χ3v) is 4.22. The maximum absolute atomic E-state index is 5.62. The molecule has 0 atom stereocenters. The van der Waals surface area contributed by atoms with Crippen molar-refractivity contribution in [2.45, 2.75) is 19.3 Å². The summed E-state index contributed by atoms with van der Waals surface area (Å²) in [5.74, 6) is 1.64. The lowest BCUT2D eigenvalue weighted by atomic mass is 10.1. The fraction of sp³-hybridized carbons (Fsp3) is 0.474. The van der Waals surface area contributed by atoms with Gasteiger partial charge in [-0.2, -0.15) is 5.10 Å². The van der Waals surface area contributed by atoms with Crippen LogP contribution in [0.25, 0.3) is 5.69 Å². The van der Waals surface area contributed by atoms with Gasteiger partial charge in [-0.1, -0.05) is 12.1 Å². The van der Waals surface area contributed by atoms with Crippen LogP contribution in [0.4, 0.5) is 0 Å². The molecule has 1 fully saturated rings. The van der Waals surface area contributed by atoms with Crippen molar-refractivity contribution in [1.29, 1.82) is 0 Å². The maximum atomic E-state index is 5.62. The van der Waals surface area contributed by atoms with Crippen LogP contribution in [0.1, 0.15) is 18.4 Å². The van der Waals surface area contributed by atoms with E-state index >= 15 is 0 Å². The molecule has 1 heterocycles. The SMILES string of the molecule is CN=C(NCCOCC1CC1)NCCc1ccc(-n2cccn2)cc1.I. The highest BCUT2D eigenvalue weighted by Gasteiger charge is 2.20. The van der Waals surface area contributed by atoms with Gasteiger partial charge in [0.15, 0.2) is 5.96 Å². The molecule has 6 nitrogen and oxygen atoms in total. The third-order valence-electron chi connectivity index (χ3n) is 4.22.